The highest BCUT2D eigenvalue weighted by Crippen LogP contribution is 2.49. The molecule has 3 rings (SSSR count). The minimum Gasteiger partial charge on any atom is -0.330 e. The van der Waals surface area contributed by atoms with Gasteiger partial charge in [0.1, 0.15) is 5.82 Å². The maximum absolute atomic E-state index is 13.7. The lowest BCUT2D eigenvalue weighted by Crippen LogP contribution is -2.18. The largest absolute Gasteiger partial charge is 0.330 e. The minimum absolute atomic E-state index is 0.154. The fraction of sp³-hybridized carbons (Fsp3) is 0.286. The SMILES string of the molecule is NCC1(c2csc(-c3ccccc3F)c2)CC1. The first kappa shape index (κ1) is 10.9. The number of hydrogen-bond donors (Lipinski definition) is 1. The summed E-state index contributed by atoms with van der Waals surface area (Å²) in [5.74, 6) is -0.154. The topological polar surface area (TPSA) is 26.0 Å². The van der Waals surface area contributed by atoms with Gasteiger partial charge in [0.2, 0.25) is 0 Å². The summed E-state index contributed by atoms with van der Waals surface area (Å²) in [6, 6.07) is 9.02. The molecule has 88 valence electrons. The highest BCUT2D eigenvalue weighted by Gasteiger charge is 2.43. The summed E-state index contributed by atoms with van der Waals surface area (Å²) in [5.41, 5.74) is 7.98. The van der Waals surface area contributed by atoms with Gasteiger partial charge in [-0.05, 0) is 35.9 Å². The third-order valence-corrected chi connectivity index (χ3v) is 4.56. The van der Waals surface area contributed by atoms with Crippen molar-refractivity contribution in [3.8, 4) is 10.4 Å². The number of halogens is 1. The van der Waals surface area contributed by atoms with Crippen LogP contribution in [0.5, 0.6) is 0 Å². The Hall–Kier alpha value is -1.19. The van der Waals surface area contributed by atoms with Gasteiger partial charge in [-0.3, -0.25) is 0 Å². The predicted octanol–water partition coefficient (Wildman–Crippen LogP) is 3.54. The van der Waals surface area contributed by atoms with Crippen LogP contribution in [0.1, 0.15) is 18.4 Å². The van der Waals surface area contributed by atoms with E-state index in [1.165, 1.54) is 11.6 Å². The summed E-state index contributed by atoms with van der Waals surface area (Å²) in [5, 5.41) is 2.13. The number of hydrogen-bond acceptors (Lipinski definition) is 2. The van der Waals surface area contributed by atoms with E-state index in [9.17, 15) is 4.39 Å². The number of nitrogens with two attached hydrogens (primary N) is 1. The van der Waals surface area contributed by atoms with E-state index in [1.54, 1.807) is 17.4 Å². The number of rotatable bonds is 3. The summed E-state index contributed by atoms with van der Waals surface area (Å²) in [4.78, 5) is 0.998. The lowest BCUT2D eigenvalue weighted by Gasteiger charge is -2.08. The third kappa shape index (κ3) is 1.79. The van der Waals surface area contributed by atoms with E-state index < -0.39 is 0 Å². The van der Waals surface area contributed by atoms with Crippen molar-refractivity contribution in [1.29, 1.82) is 0 Å². The monoisotopic (exact) mass is 247 g/mol. The Balaban J connectivity index is 1.99. The van der Waals surface area contributed by atoms with E-state index in [4.69, 9.17) is 5.73 Å². The van der Waals surface area contributed by atoms with Crippen LogP contribution in [-0.2, 0) is 5.41 Å². The highest BCUT2D eigenvalue weighted by molar-refractivity contribution is 7.13. The van der Waals surface area contributed by atoms with Gasteiger partial charge in [-0.2, -0.15) is 0 Å². The molecule has 1 saturated carbocycles. The molecular formula is C14H14FNS. The standard InChI is InChI=1S/C14H14FNS/c15-12-4-2-1-3-11(12)13-7-10(8-17-13)14(9-16)5-6-14/h1-4,7-8H,5-6,9,16H2. The fourth-order valence-corrected chi connectivity index (χ4v) is 3.24. The Kier molecular flexibility index (Phi) is 2.53. The molecule has 1 aromatic heterocycles. The Morgan fingerprint density at radius 3 is 2.71 bits per heavy atom. The average molecular weight is 247 g/mol. The van der Waals surface area contributed by atoms with Crippen molar-refractivity contribution in [2.75, 3.05) is 6.54 Å². The second-order valence-corrected chi connectivity index (χ2v) is 5.58. The molecule has 1 heterocycles. The summed E-state index contributed by atoms with van der Waals surface area (Å²) < 4.78 is 13.7. The second-order valence-electron chi connectivity index (χ2n) is 4.66. The molecule has 2 aromatic rings. The van der Waals surface area contributed by atoms with Gasteiger partial charge in [-0.1, -0.05) is 18.2 Å². The minimum atomic E-state index is -0.154. The molecule has 0 saturated heterocycles. The van der Waals surface area contributed by atoms with Crippen LogP contribution in [0.3, 0.4) is 0 Å². The van der Waals surface area contributed by atoms with Crippen LogP contribution in [0.2, 0.25) is 0 Å². The van der Waals surface area contributed by atoms with E-state index in [1.807, 2.05) is 12.1 Å². The lowest BCUT2D eigenvalue weighted by molar-refractivity contribution is 0.631. The molecule has 1 aliphatic rings. The zero-order valence-corrected chi connectivity index (χ0v) is 10.3. The third-order valence-electron chi connectivity index (χ3n) is 3.60. The van der Waals surface area contributed by atoms with Gasteiger partial charge in [0.15, 0.2) is 0 Å². The van der Waals surface area contributed by atoms with Crippen molar-refractivity contribution in [2.45, 2.75) is 18.3 Å². The van der Waals surface area contributed by atoms with E-state index in [0.29, 0.717) is 12.1 Å². The Morgan fingerprint density at radius 1 is 1.29 bits per heavy atom. The van der Waals surface area contributed by atoms with Gasteiger partial charge >= 0.3 is 0 Å². The van der Waals surface area contributed by atoms with Crippen molar-refractivity contribution in [3.05, 3.63) is 47.1 Å². The first-order valence-corrected chi connectivity index (χ1v) is 6.67. The van der Waals surface area contributed by atoms with Crippen molar-refractivity contribution in [3.63, 3.8) is 0 Å². The van der Waals surface area contributed by atoms with Crippen molar-refractivity contribution >= 4 is 11.3 Å². The molecular weight excluding hydrogens is 233 g/mol. The van der Waals surface area contributed by atoms with Gasteiger partial charge in [0, 0.05) is 22.4 Å². The van der Waals surface area contributed by atoms with Gasteiger partial charge < -0.3 is 5.73 Å². The van der Waals surface area contributed by atoms with Crippen LogP contribution >= 0.6 is 11.3 Å². The predicted molar refractivity (Wildman–Crippen MR) is 69.7 cm³/mol. The normalized spacial score (nSPS) is 17.1. The Labute approximate surface area is 104 Å². The van der Waals surface area contributed by atoms with E-state index in [2.05, 4.69) is 11.4 Å². The van der Waals surface area contributed by atoms with Gasteiger partial charge in [-0.15, -0.1) is 11.3 Å². The molecule has 0 spiro atoms. The van der Waals surface area contributed by atoms with E-state index in [0.717, 1.165) is 17.7 Å². The molecule has 0 bridgehead atoms. The van der Waals surface area contributed by atoms with Crippen molar-refractivity contribution in [2.24, 2.45) is 5.73 Å². The van der Waals surface area contributed by atoms with Crippen LogP contribution in [0.25, 0.3) is 10.4 Å². The number of benzene rings is 1. The lowest BCUT2D eigenvalue weighted by atomic mass is 9.98. The molecule has 0 radical (unpaired) electrons. The molecule has 0 atom stereocenters. The first-order valence-electron chi connectivity index (χ1n) is 5.79. The molecule has 1 aromatic carbocycles. The van der Waals surface area contributed by atoms with Crippen LogP contribution in [0.4, 0.5) is 4.39 Å². The van der Waals surface area contributed by atoms with Crippen LogP contribution in [-0.4, -0.2) is 6.54 Å². The summed E-state index contributed by atoms with van der Waals surface area (Å²) >= 11 is 1.60. The van der Waals surface area contributed by atoms with Gasteiger partial charge in [-0.25, -0.2) is 4.39 Å². The fourth-order valence-electron chi connectivity index (χ4n) is 2.18. The smallest absolute Gasteiger partial charge is 0.131 e. The number of thiophene rings is 1. The molecule has 0 aliphatic heterocycles. The maximum Gasteiger partial charge on any atom is 0.131 e. The highest BCUT2D eigenvalue weighted by atomic mass is 32.1. The average Bonchev–Trinajstić information content (AvgIpc) is 3.00. The van der Waals surface area contributed by atoms with Crippen LogP contribution < -0.4 is 5.73 Å². The first-order chi connectivity index (χ1) is 8.25. The molecule has 17 heavy (non-hydrogen) atoms. The second kappa shape index (κ2) is 3.93. The van der Waals surface area contributed by atoms with Crippen molar-refractivity contribution in [1.82, 2.24) is 0 Å². The molecule has 1 nitrogen and oxygen atoms in total. The van der Waals surface area contributed by atoms with E-state index in [-0.39, 0.29) is 11.2 Å². The molecule has 0 unspecified atom stereocenters. The zero-order chi connectivity index (χ0) is 11.9. The van der Waals surface area contributed by atoms with Gasteiger partial charge in [0.25, 0.3) is 0 Å². The maximum atomic E-state index is 13.7. The summed E-state index contributed by atoms with van der Waals surface area (Å²) in [7, 11) is 0. The molecule has 0 amide bonds. The Morgan fingerprint density at radius 2 is 2.06 bits per heavy atom. The van der Waals surface area contributed by atoms with E-state index >= 15 is 0 Å². The molecule has 2 N–H and O–H groups in total. The Bertz CT molecular complexity index is 543. The summed E-state index contributed by atoms with van der Waals surface area (Å²) in [6.45, 7) is 0.695. The molecule has 1 fully saturated rings. The zero-order valence-electron chi connectivity index (χ0n) is 9.45. The van der Waals surface area contributed by atoms with Gasteiger partial charge in [0.05, 0.1) is 0 Å². The summed E-state index contributed by atoms with van der Waals surface area (Å²) in [6.07, 6.45) is 2.33. The quantitative estimate of drug-likeness (QED) is 0.882. The van der Waals surface area contributed by atoms with Crippen molar-refractivity contribution < 1.29 is 4.39 Å². The van der Waals surface area contributed by atoms with Crippen LogP contribution in [0, 0.1) is 5.82 Å². The molecule has 3 heteroatoms. The molecule has 1 aliphatic carbocycles. The van der Waals surface area contributed by atoms with Crippen LogP contribution in [0.15, 0.2) is 35.7 Å².